The van der Waals surface area contributed by atoms with Gasteiger partial charge >= 0.3 is 5.69 Å². The molecule has 3 aromatic carbocycles. The minimum Gasteiger partial charge on any atom is -0.457 e. The Morgan fingerprint density at radius 3 is 2.47 bits per heavy atom. The van der Waals surface area contributed by atoms with Gasteiger partial charge in [0, 0.05) is 38.4 Å². The highest BCUT2D eigenvalue weighted by Crippen LogP contribution is 2.27. The van der Waals surface area contributed by atoms with Crippen LogP contribution in [0.25, 0.3) is 22.5 Å². The SMILES string of the molecule is CN(C(=O)C=CCN1CCOCC1)c1cccc(-n2c(=O)n(-c3ccc(Oc4ccccc4)cc3)c3c(N)ncnc32)c1. The van der Waals surface area contributed by atoms with Gasteiger partial charge in [-0.05, 0) is 54.6 Å². The third-order valence-corrected chi connectivity index (χ3v) is 7.26. The summed E-state index contributed by atoms with van der Waals surface area (Å²) in [5.74, 6) is 1.32. The molecule has 6 rings (SSSR count). The second kappa shape index (κ2) is 12.3. The van der Waals surface area contributed by atoms with Crippen LogP contribution in [0.3, 0.4) is 0 Å². The molecule has 3 heterocycles. The number of fused-ring (bicyclic) bond motifs is 1. The molecular formula is C32H31N7O4. The average molecular weight is 578 g/mol. The minimum atomic E-state index is -0.379. The highest BCUT2D eigenvalue weighted by molar-refractivity contribution is 6.01. The highest BCUT2D eigenvalue weighted by Gasteiger charge is 2.21. The average Bonchev–Trinajstić information content (AvgIpc) is 3.35. The summed E-state index contributed by atoms with van der Waals surface area (Å²) in [6, 6.07) is 23.7. The second-order valence-electron chi connectivity index (χ2n) is 10.0. The lowest BCUT2D eigenvalue weighted by Gasteiger charge is -2.25. The van der Waals surface area contributed by atoms with Gasteiger partial charge in [-0.15, -0.1) is 0 Å². The van der Waals surface area contributed by atoms with Gasteiger partial charge in [-0.25, -0.2) is 19.3 Å². The van der Waals surface area contributed by atoms with Crippen LogP contribution >= 0.6 is 0 Å². The van der Waals surface area contributed by atoms with Gasteiger partial charge in [0.05, 0.1) is 24.6 Å². The van der Waals surface area contributed by atoms with E-state index in [1.165, 1.54) is 15.5 Å². The molecule has 1 aliphatic heterocycles. The molecule has 1 amide bonds. The first-order chi connectivity index (χ1) is 21.0. The van der Waals surface area contributed by atoms with E-state index in [9.17, 15) is 9.59 Å². The third-order valence-electron chi connectivity index (χ3n) is 7.26. The summed E-state index contributed by atoms with van der Waals surface area (Å²) in [7, 11) is 1.70. The standard InChI is InChI=1S/C32H31N7O4/c1-36(28(40)11-6-16-37-17-19-42-20-18-37)24-7-5-8-25(21-24)39-31-29(30(33)34-22-35-31)38(32(39)41)23-12-14-27(15-13-23)43-26-9-3-2-4-10-26/h2-15,21-22H,16-20H2,1H3,(H2,33,34,35). The Morgan fingerprint density at radius 1 is 0.953 bits per heavy atom. The Labute approximate surface area is 248 Å². The molecule has 0 unspecified atom stereocenters. The molecule has 0 atom stereocenters. The molecule has 218 valence electrons. The Kier molecular flexibility index (Phi) is 7.98. The monoisotopic (exact) mass is 577 g/mol. The third kappa shape index (κ3) is 5.89. The molecular weight excluding hydrogens is 546 g/mol. The molecule has 0 bridgehead atoms. The van der Waals surface area contributed by atoms with Gasteiger partial charge in [-0.1, -0.05) is 30.3 Å². The molecule has 1 aliphatic rings. The van der Waals surface area contributed by atoms with E-state index in [0.29, 0.717) is 59.5 Å². The number of nitrogens with two attached hydrogens (primary N) is 1. The van der Waals surface area contributed by atoms with E-state index in [2.05, 4.69) is 14.9 Å². The zero-order chi connectivity index (χ0) is 29.8. The quantitative estimate of drug-likeness (QED) is 0.277. The van der Waals surface area contributed by atoms with Crippen LogP contribution in [0.15, 0.2) is 102 Å². The maximum Gasteiger partial charge on any atom is 0.339 e. The Bertz CT molecular complexity index is 1820. The number of amides is 1. The maximum absolute atomic E-state index is 14.0. The first-order valence-electron chi connectivity index (χ1n) is 13.9. The van der Waals surface area contributed by atoms with E-state index in [1.54, 1.807) is 60.5 Å². The van der Waals surface area contributed by atoms with Crippen LogP contribution in [0.2, 0.25) is 0 Å². The fourth-order valence-corrected chi connectivity index (χ4v) is 4.97. The van der Waals surface area contributed by atoms with Crippen LogP contribution in [0.1, 0.15) is 0 Å². The smallest absolute Gasteiger partial charge is 0.339 e. The number of morpholine rings is 1. The van der Waals surface area contributed by atoms with Crippen LogP contribution in [-0.2, 0) is 9.53 Å². The summed E-state index contributed by atoms with van der Waals surface area (Å²) in [4.78, 5) is 39.3. The number of likely N-dealkylation sites (N-methyl/N-ethyl adjacent to an activating group) is 1. The molecule has 11 heteroatoms. The van der Waals surface area contributed by atoms with Crippen molar-refractivity contribution in [1.82, 2.24) is 24.0 Å². The summed E-state index contributed by atoms with van der Waals surface area (Å²) < 4.78 is 14.2. The van der Waals surface area contributed by atoms with Gasteiger partial charge in [0.1, 0.15) is 23.3 Å². The predicted octanol–water partition coefficient (Wildman–Crippen LogP) is 3.80. The largest absolute Gasteiger partial charge is 0.457 e. The molecule has 43 heavy (non-hydrogen) atoms. The number of rotatable bonds is 8. The number of anilines is 2. The van der Waals surface area contributed by atoms with Crippen LogP contribution in [0.4, 0.5) is 11.5 Å². The van der Waals surface area contributed by atoms with E-state index in [4.69, 9.17) is 15.2 Å². The van der Waals surface area contributed by atoms with E-state index in [-0.39, 0.29) is 17.4 Å². The number of para-hydroxylation sites is 1. The van der Waals surface area contributed by atoms with E-state index >= 15 is 0 Å². The van der Waals surface area contributed by atoms with Gasteiger partial charge in [0.15, 0.2) is 11.5 Å². The minimum absolute atomic E-state index is 0.166. The number of benzene rings is 3. The predicted molar refractivity (Wildman–Crippen MR) is 165 cm³/mol. The molecule has 0 aliphatic carbocycles. The fraction of sp³-hybridized carbons (Fsp3) is 0.188. The lowest BCUT2D eigenvalue weighted by Crippen LogP contribution is -2.36. The number of hydrogen-bond donors (Lipinski definition) is 1. The topological polar surface area (TPSA) is 121 Å². The van der Waals surface area contributed by atoms with Crippen molar-refractivity contribution in [1.29, 1.82) is 0 Å². The molecule has 11 nitrogen and oxygen atoms in total. The number of nitrogens with zero attached hydrogens (tertiary/aromatic N) is 6. The fourth-order valence-electron chi connectivity index (χ4n) is 4.97. The lowest BCUT2D eigenvalue weighted by atomic mass is 10.2. The molecule has 2 N–H and O–H groups in total. The van der Waals surface area contributed by atoms with Crippen LogP contribution in [0.5, 0.6) is 11.5 Å². The molecule has 0 spiro atoms. The Morgan fingerprint density at radius 2 is 1.70 bits per heavy atom. The Hall–Kier alpha value is -5.26. The van der Waals surface area contributed by atoms with Crippen molar-refractivity contribution in [2.75, 3.05) is 50.5 Å². The molecule has 0 radical (unpaired) electrons. The first kappa shape index (κ1) is 27.9. The van der Waals surface area contributed by atoms with Crippen molar-refractivity contribution in [2.45, 2.75) is 0 Å². The van der Waals surface area contributed by atoms with Crippen molar-refractivity contribution in [3.05, 3.63) is 108 Å². The van der Waals surface area contributed by atoms with Gasteiger partial charge in [0.2, 0.25) is 5.91 Å². The first-order valence-corrected chi connectivity index (χ1v) is 13.9. The summed E-state index contributed by atoms with van der Waals surface area (Å²) in [6.45, 7) is 3.78. The molecule has 1 saturated heterocycles. The molecule has 0 saturated carbocycles. The number of nitrogen functional groups attached to an aromatic ring is 1. The number of carbonyl (C=O) groups is 1. The van der Waals surface area contributed by atoms with Crippen LogP contribution in [-0.4, -0.2) is 69.8 Å². The number of imidazole rings is 1. The molecule has 2 aromatic heterocycles. The van der Waals surface area contributed by atoms with Crippen LogP contribution in [0, 0.1) is 0 Å². The maximum atomic E-state index is 14.0. The van der Waals surface area contributed by atoms with Gasteiger partial charge < -0.3 is 20.1 Å². The highest BCUT2D eigenvalue weighted by atomic mass is 16.5. The Balaban J connectivity index is 1.30. The van der Waals surface area contributed by atoms with Crippen molar-refractivity contribution < 1.29 is 14.3 Å². The molecule has 1 fully saturated rings. The summed E-state index contributed by atoms with van der Waals surface area (Å²) >= 11 is 0. The van der Waals surface area contributed by atoms with Crippen LogP contribution < -0.4 is 21.1 Å². The summed E-state index contributed by atoms with van der Waals surface area (Å²) in [6.07, 6.45) is 4.76. The number of hydrogen-bond acceptors (Lipinski definition) is 8. The van der Waals surface area contributed by atoms with Crippen molar-refractivity contribution in [3.8, 4) is 22.9 Å². The zero-order valence-corrected chi connectivity index (χ0v) is 23.7. The normalized spacial score (nSPS) is 13.9. The number of ether oxygens (including phenoxy) is 2. The van der Waals surface area contributed by atoms with Crippen molar-refractivity contribution in [3.63, 3.8) is 0 Å². The van der Waals surface area contributed by atoms with E-state index < -0.39 is 0 Å². The zero-order valence-electron chi connectivity index (χ0n) is 23.7. The van der Waals surface area contributed by atoms with E-state index in [0.717, 1.165) is 13.1 Å². The summed E-state index contributed by atoms with van der Waals surface area (Å²) in [5.41, 5.74) is 8.36. The summed E-state index contributed by atoms with van der Waals surface area (Å²) in [5, 5.41) is 0. The number of carbonyl (C=O) groups excluding carboxylic acids is 1. The van der Waals surface area contributed by atoms with Gasteiger partial charge in [-0.2, -0.15) is 0 Å². The van der Waals surface area contributed by atoms with Gasteiger partial charge in [0.25, 0.3) is 0 Å². The van der Waals surface area contributed by atoms with E-state index in [1.807, 2.05) is 42.5 Å². The van der Waals surface area contributed by atoms with Crippen molar-refractivity contribution >= 4 is 28.6 Å². The molecule has 5 aromatic rings. The second-order valence-corrected chi connectivity index (χ2v) is 10.0. The van der Waals surface area contributed by atoms with Gasteiger partial charge in [-0.3, -0.25) is 14.3 Å². The number of aromatic nitrogens is 4. The van der Waals surface area contributed by atoms with Crippen molar-refractivity contribution in [2.24, 2.45) is 0 Å². The lowest BCUT2D eigenvalue weighted by molar-refractivity contribution is -0.113.